The normalized spacial score (nSPS) is 10.6. The Hall–Kier alpha value is -3.15. The van der Waals surface area contributed by atoms with E-state index in [0.717, 1.165) is 18.6 Å². The van der Waals surface area contributed by atoms with E-state index in [4.69, 9.17) is 4.74 Å². The molecule has 26 heavy (non-hydrogen) atoms. The van der Waals surface area contributed by atoms with Gasteiger partial charge in [0.2, 0.25) is 11.3 Å². The summed E-state index contributed by atoms with van der Waals surface area (Å²) in [5, 5.41) is 7.50. The van der Waals surface area contributed by atoms with Crippen LogP contribution in [0.1, 0.15) is 12.8 Å². The number of hydrogen-bond donors (Lipinski definition) is 1. The van der Waals surface area contributed by atoms with E-state index in [0.29, 0.717) is 24.1 Å². The van der Waals surface area contributed by atoms with E-state index < -0.39 is 0 Å². The molecule has 0 bridgehead atoms. The zero-order chi connectivity index (χ0) is 18.2. The summed E-state index contributed by atoms with van der Waals surface area (Å²) in [4.78, 5) is 23.9. The maximum Gasteiger partial charge on any atom is 0.241 e. The van der Waals surface area contributed by atoms with E-state index in [1.807, 2.05) is 36.4 Å². The number of aromatic nitrogens is 2. The minimum Gasteiger partial charge on any atom is -0.494 e. The predicted octanol–water partition coefficient (Wildman–Crippen LogP) is 2.37. The monoisotopic (exact) mass is 351 g/mol. The standard InChI is InChI=1S/C20H21N3O3/c24-19-14-22-23(18-11-5-4-10-17(18)19)15-20(25)21-12-6-7-13-26-16-8-2-1-3-9-16/h1-5,8-11,14H,6-7,12-13,15H2,(H,21,25). The van der Waals surface area contributed by atoms with Gasteiger partial charge in [0.1, 0.15) is 12.3 Å². The summed E-state index contributed by atoms with van der Waals surface area (Å²) in [6, 6.07) is 16.8. The first-order valence-electron chi connectivity index (χ1n) is 8.63. The molecule has 1 heterocycles. The van der Waals surface area contributed by atoms with Gasteiger partial charge in [0, 0.05) is 11.9 Å². The van der Waals surface area contributed by atoms with E-state index in [9.17, 15) is 9.59 Å². The summed E-state index contributed by atoms with van der Waals surface area (Å²) in [6.45, 7) is 1.28. The molecule has 6 nitrogen and oxygen atoms in total. The molecule has 3 aromatic rings. The SMILES string of the molecule is O=C(Cn1ncc(=O)c2ccccc21)NCCCCOc1ccccc1. The molecule has 0 saturated carbocycles. The highest BCUT2D eigenvalue weighted by Crippen LogP contribution is 2.09. The van der Waals surface area contributed by atoms with Gasteiger partial charge in [-0.3, -0.25) is 14.3 Å². The van der Waals surface area contributed by atoms with Gasteiger partial charge in [0.05, 0.1) is 18.3 Å². The van der Waals surface area contributed by atoms with Gasteiger partial charge in [0.25, 0.3) is 0 Å². The number of para-hydroxylation sites is 2. The lowest BCUT2D eigenvalue weighted by molar-refractivity contribution is -0.121. The summed E-state index contributed by atoms with van der Waals surface area (Å²) >= 11 is 0. The number of carbonyl (C=O) groups excluding carboxylic acids is 1. The Kier molecular flexibility index (Phi) is 5.98. The van der Waals surface area contributed by atoms with Crippen molar-refractivity contribution < 1.29 is 9.53 Å². The fourth-order valence-corrected chi connectivity index (χ4v) is 2.64. The van der Waals surface area contributed by atoms with Gasteiger partial charge < -0.3 is 10.1 Å². The van der Waals surface area contributed by atoms with Crippen molar-refractivity contribution in [2.45, 2.75) is 19.4 Å². The van der Waals surface area contributed by atoms with E-state index in [2.05, 4.69) is 10.4 Å². The number of rotatable bonds is 8. The molecule has 2 aromatic carbocycles. The third-order valence-electron chi connectivity index (χ3n) is 3.96. The molecule has 0 saturated heterocycles. The van der Waals surface area contributed by atoms with Gasteiger partial charge in [-0.2, -0.15) is 5.10 Å². The molecule has 3 rings (SSSR count). The lowest BCUT2D eigenvalue weighted by Crippen LogP contribution is -2.30. The Bertz CT molecular complexity index is 922. The second-order valence-electron chi connectivity index (χ2n) is 5.90. The van der Waals surface area contributed by atoms with Crippen molar-refractivity contribution >= 4 is 16.8 Å². The predicted molar refractivity (Wildman–Crippen MR) is 100 cm³/mol. The molecule has 0 aliphatic rings. The van der Waals surface area contributed by atoms with Crippen molar-refractivity contribution in [1.82, 2.24) is 15.1 Å². The van der Waals surface area contributed by atoms with Crippen LogP contribution in [0.3, 0.4) is 0 Å². The first-order valence-corrected chi connectivity index (χ1v) is 8.63. The Labute approximate surface area is 151 Å². The number of carbonyl (C=O) groups is 1. The molecular formula is C20H21N3O3. The molecule has 134 valence electrons. The topological polar surface area (TPSA) is 73.2 Å². The first kappa shape index (κ1) is 17.7. The van der Waals surface area contributed by atoms with Gasteiger partial charge in [-0.05, 0) is 37.1 Å². The molecule has 0 aliphatic carbocycles. The van der Waals surface area contributed by atoms with E-state index >= 15 is 0 Å². The fourth-order valence-electron chi connectivity index (χ4n) is 2.64. The van der Waals surface area contributed by atoms with Crippen molar-refractivity contribution in [2.24, 2.45) is 0 Å². The quantitative estimate of drug-likeness (QED) is 0.633. The number of nitrogens with zero attached hydrogens (tertiary/aromatic N) is 2. The fraction of sp³-hybridized carbons (Fsp3) is 0.250. The van der Waals surface area contributed by atoms with Crippen LogP contribution in [-0.2, 0) is 11.3 Å². The van der Waals surface area contributed by atoms with Crippen LogP contribution in [0.25, 0.3) is 10.9 Å². The third-order valence-corrected chi connectivity index (χ3v) is 3.96. The van der Waals surface area contributed by atoms with Crippen LogP contribution in [-0.4, -0.2) is 28.8 Å². The molecule has 0 fully saturated rings. The third kappa shape index (κ3) is 4.69. The summed E-state index contributed by atoms with van der Waals surface area (Å²) < 4.78 is 7.16. The average Bonchev–Trinajstić information content (AvgIpc) is 2.68. The van der Waals surface area contributed by atoms with Crippen molar-refractivity contribution in [1.29, 1.82) is 0 Å². The minimum atomic E-state index is -0.143. The van der Waals surface area contributed by atoms with E-state index in [1.54, 1.807) is 22.9 Å². The van der Waals surface area contributed by atoms with Crippen LogP contribution in [0, 0.1) is 0 Å². The molecular weight excluding hydrogens is 330 g/mol. The Morgan fingerprint density at radius 3 is 2.65 bits per heavy atom. The highest BCUT2D eigenvalue weighted by atomic mass is 16.5. The number of benzene rings is 2. The van der Waals surface area contributed by atoms with Crippen LogP contribution >= 0.6 is 0 Å². The first-order chi connectivity index (χ1) is 12.7. The summed E-state index contributed by atoms with van der Waals surface area (Å²) in [5.41, 5.74) is 0.516. The Balaban J connectivity index is 1.42. The van der Waals surface area contributed by atoms with Crippen LogP contribution in [0.4, 0.5) is 0 Å². The number of ether oxygens (including phenoxy) is 1. The van der Waals surface area contributed by atoms with Crippen molar-refractivity contribution in [2.75, 3.05) is 13.2 Å². The maximum atomic E-state index is 12.1. The second kappa shape index (κ2) is 8.80. The smallest absolute Gasteiger partial charge is 0.241 e. The van der Waals surface area contributed by atoms with Crippen molar-refractivity contribution in [3.8, 4) is 5.75 Å². The van der Waals surface area contributed by atoms with Gasteiger partial charge in [0.15, 0.2) is 0 Å². The van der Waals surface area contributed by atoms with Crippen LogP contribution in [0.2, 0.25) is 0 Å². The number of fused-ring (bicyclic) bond motifs is 1. The Morgan fingerprint density at radius 2 is 1.81 bits per heavy atom. The molecule has 1 amide bonds. The summed E-state index contributed by atoms with van der Waals surface area (Å²) in [6.07, 6.45) is 2.93. The molecule has 0 spiro atoms. The molecule has 1 aromatic heterocycles. The molecule has 0 unspecified atom stereocenters. The number of unbranched alkanes of at least 4 members (excludes halogenated alkanes) is 1. The summed E-state index contributed by atoms with van der Waals surface area (Å²) in [7, 11) is 0. The molecule has 0 atom stereocenters. The number of hydrogen-bond acceptors (Lipinski definition) is 4. The van der Waals surface area contributed by atoms with Gasteiger partial charge in [-0.25, -0.2) is 0 Å². The minimum absolute atomic E-state index is 0.0846. The lowest BCUT2D eigenvalue weighted by Gasteiger charge is -2.10. The zero-order valence-corrected chi connectivity index (χ0v) is 14.4. The summed E-state index contributed by atoms with van der Waals surface area (Å²) in [5.74, 6) is 0.725. The zero-order valence-electron chi connectivity index (χ0n) is 14.4. The Morgan fingerprint density at radius 1 is 1.04 bits per heavy atom. The van der Waals surface area contributed by atoms with Crippen LogP contribution in [0.5, 0.6) is 5.75 Å². The molecule has 1 N–H and O–H groups in total. The number of nitrogens with one attached hydrogen (secondary N) is 1. The van der Waals surface area contributed by atoms with Gasteiger partial charge >= 0.3 is 0 Å². The van der Waals surface area contributed by atoms with Gasteiger partial charge in [-0.15, -0.1) is 0 Å². The average molecular weight is 351 g/mol. The van der Waals surface area contributed by atoms with Crippen LogP contribution in [0.15, 0.2) is 65.6 Å². The lowest BCUT2D eigenvalue weighted by atomic mass is 10.2. The van der Waals surface area contributed by atoms with Crippen LogP contribution < -0.4 is 15.5 Å². The molecule has 0 radical (unpaired) electrons. The molecule has 0 aliphatic heterocycles. The van der Waals surface area contributed by atoms with E-state index in [-0.39, 0.29) is 17.9 Å². The second-order valence-corrected chi connectivity index (χ2v) is 5.90. The van der Waals surface area contributed by atoms with Gasteiger partial charge in [-0.1, -0.05) is 30.3 Å². The maximum absolute atomic E-state index is 12.1. The number of amides is 1. The van der Waals surface area contributed by atoms with Crippen molar-refractivity contribution in [3.63, 3.8) is 0 Å². The highest BCUT2D eigenvalue weighted by Gasteiger charge is 2.07. The largest absolute Gasteiger partial charge is 0.494 e. The molecule has 6 heteroatoms. The highest BCUT2D eigenvalue weighted by molar-refractivity contribution is 5.81. The van der Waals surface area contributed by atoms with E-state index in [1.165, 1.54) is 6.20 Å². The van der Waals surface area contributed by atoms with Crippen molar-refractivity contribution in [3.05, 3.63) is 71.0 Å².